The van der Waals surface area contributed by atoms with Gasteiger partial charge in [-0.1, -0.05) is 13.8 Å². The van der Waals surface area contributed by atoms with E-state index in [9.17, 15) is 0 Å². The van der Waals surface area contributed by atoms with Crippen molar-refractivity contribution in [3.63, 3.8) is 0 Å². The standard InChI is InChI=1S/C14H25NO/c1-9-5-10(2)7-11(6-9)15-13-8-12-3-4-14(13)16-12/h9-15H,3-8H2,1-2H3. The molecule has 0 amide bonds. The monoisotopic (exact) mass is 223 g/mol. The first-order valence-corrected chi connectivity index (χ1v) is 7.12. The zero-order valence-electron chi connectivity index (χ0n) is 10.6. The summed E-state index contributed by atoms with van der Waals surface area (Å²) in [6.07, 6.45) is 9.16. The average Bonchev–Trinajstić information content (AvgIpc) is 2.77. The van der Waals surface area contributed by atoms with Crippen LogP contribution in [0.1, 0.15) is 52.4 Å². The predicted molar refractivity (Wildman–Crippen MR) is 65.4 cm³/mol. The molecule has 2 heterocycles. The maximum atomic E-state index is 5.92. The normalized spacial score (nSPS) is 52.1. The van der Waals surface area contributed by atoms with Crippen LogP contribution in [0.4, 0.5) is 0 Å². The van der Waals surface area contributed by atoms with Crippen molar-refractivity contribution in [1.29, 1.82) is 0 Å². The Morgan fingerprint density at radius 1 is 0.938 bits per heavy atom. The second-order valence-corrected chi connectivity index (χ2v) is 6.50. The van der Waals surface area contributed by atoms with Crippen LogP contribution in [-0.4, -0.2) is 24.3 Å². The van der Waals surface area contributed by atoms with Crippen molar-refractivity contribution in [2.24, 2.45) is 11.8 Å². The van der Waals surface area contributed by atoms with Crippen LogP contribution in [0, 0.1) is 11.8 Å². The summed E-state index contributed by atoms with van der Waals surface area (Å²) in [4.78, 5) is 0. The average molecular weight is 223 g/mol. The molecule has 2 bridgehead atoms. The lowest BCUT2D eigenvalue weighted by molar-refractivity contribution is 0.0933. The second-order valence-electron chi connectivity index (χ2n) is 6.50. The molecule has 3 rings (SSSR count). The molecule has 0 aromatic heterocycles. The molecule has 5 unspecified atom stereocenters. The van der Waals surface area contributed by atoms with E-state index >= 15 is 0 Å². The van der Waals surface area contributed by atoms with Crippen molar-refractivity contribution in [1.82, 2.24) is 5.32 Å². The largest absolute Gasteiger partial charge is 0.373 e. The second kappa shape index (κ2) is 4.30. The highest BCUT2D eigenvalue weighted by Crippen LogP contribution is 2.36. The van der Waals surface area contributed by atoms with Crippen molar-refractivity contribution >= 4 is 0 Å². The first kappa shape index (κ1) is 11.0. The lowest BCUT2D eigenvalue weighted by Crippen LogP contribution is -2.46. The van der Waals surface area contributed by atoms with Crippen molar-refractivity contribution in [2.45, 2.75) is 76.7 Å². The molecule has 16 heavy (non-hydrogen) atoms. The molecule has 3 fully saturated rings. The summed E-state index contributed by atoms with van der Waals surface area (Å²) < 4.78 is 5.92. The maximum Gasteiger partial charge on any atom is 0.0733 e. The fourth-order valence-corrected chi connectivity index (χ4v) is 4.20. The molecule has 1 saturated carbocycles. The first-order valence-electron chi connectivity index (χ1n) is 7.12. The van der Waals surface area contributed by atoms with Crippen LogP contribution in [0.5, 0.6) is 0 Å². The van der Waals surface area contributed by atoms with E-state index in [0.29, 0.717) is 18.2 Å². The van der Waals surface area contributed by atoms with Crippen LogP contribution in [0.3, 0.4) is 0 Å². The maximum absolute atomic E-state index is 5.92. The van der Waals surface area contributed by atoms with Crippen LogP contribution >= 0.6 is 0 Å². The molecule has 2 saturated heterocycles. The van der Waals surface area contributed by atoms with Gasteiger partial charge in [0.15, 0.2) is 0 Å². The Labute approximate surface area is 99.1 Å². The number of rotatable bonds is 2. The Hall–Kier alpha value is -0.0800. The minimum absolute atomic E-state index is 0.539. The van der Waals surface area contributed by atoms with Gasteiger partial charge in [0.05, 0.1) is 12.2 Å². The molecular weight excluding hydrogens is 198 g/mol. The Bertz CT molecular complexity index is 245. The summed E-state index contributed by atoms with van der Waals surface area (Å²) in [5.41, 5.74) is 0. The van der Waals surface area contributed by atoms with Crippen LogP contribution in [0.2, 0.25) is 0 Å². The molecule has 1 aliphatic carbocycles. The fraction of sp³-hybridized carbons (Fsp3) is 1.00. The van der Waals surface area contributed by atoms with Gasteiger partial charge in [0, 0.05) is 12.1 Å². The third-order valence-electron chi connectivity index (χ3n) is 4.73. The number of fused-ring (bicyclic) bond motifs is 2. The van der Waals surface area contributed by atoms with Crippen LogP contribution < -0.4 is 5.32 Å². The molecule has 0 spiro atoms. The van der Waals surface area contributed by atoms with Gasteiger partial charge in [-0.15, -0.1) is 0 Å². The summed E-state index contributed by atoms with van der Waals surface area (Å²) in [5.74, 6) is 1.81. The molecule has 2 nitrogen and oxygen atoms in total. The molecule has 5 atom stereocenters. The van der Waals surface area contributed by atoms with Gasteiger partial charge in [-0.05, 0) is 50.4 Å². The summed E-state index contributed by atoms with van der Waals surface area (Å²) in [7, 11) is 0. The van der Waals surface area contributed by atoms with Crippen LogP contribution in [0.25, 0.3) is 0 Å². The van der Waals surface area contributed by atoms with Gasteiger partial charge >= 0.3 is 0 Å². The van der Waals surface area contributed by atoms with Gasteiger partial charge in [0.1, 0.15) is 0 Å². The SMILES string of the molecule is CC1CC(C)CC(NC2CC3CCC2O3)C1. The number of hydrogen-bond donors (Lipinski definition) is 1. The van der Waals surface area contributed by atoms with E-state index < -0.39 is 0 Å². The molecule has 0 aromatic carbocycles. The van der Waals surface area contributed by atoms with E-state index in [1.165, 1.54) is 38.5 Å². The van der Waals surface area contributed by atoms with E-state index in [4.69, 9.17) is 4.74 Å². The van der Waals surface area contributed by atoms with Gasteiger partial charge in [-0.25, -0.2) is 0 Å². The number of ether oxygens (including phenoxy) is 1. The highest BCUT2D eigenvalue weighted by molar-refractivity contribution is 4.96. The smallest absolute Gasteiger partial charge is 0.0733 e. The van der Waals surface area contributed by atoms with Crippen molar-refractivity contribution in [3.8, 4) is 0 Å². The van der Waals surface area contributed by atoms with Gasteiger partial charge in [0.2, 0.25) is 0 Å². The van der Waals surface area contributed by atoms with E-state index in [-0.39, 0.29) is 0 Å². The Balaban J connectivity index is 1.54. The van der Waals surface area contributed by atoms with Gasteiger partial charge in [0.25, 0.3) is 0 Å². The molecule has 2 aliphatic heterocycles. The topological polar surface area (TPSA) is 21.3 Å². The Morgan fingerprint density at radius 3 is 2.25 bits per heavy atom. The first-order chi connectivity index (χ1) is 7.70. The van der Waals surface area contributed by atoms with Gasteiger partial charge in [-0.3, -0.25) is 0 Å². The van der Waals surface area contributed by atoms with Crippen LogP contribution in [-0.2, 0) is 4.74 Å². The zero-order chi connectivity index (χ0) is 11.1. The molecule has 0 aromatic rings. The van der Waals surface area contributed by atoms with Gasteiger partial charge in [-0.2, -0.15) is 0 Å². The zero-order valence-corrected chi connectivity index (χ0v) is 10.6. The number of hydrogen-bond acceptors (Lipinski definition) is 2. The quantitative estimate of drug-likeness (QED) is 0.777. The lowest BCUT2D eigenvalue weighted by atomic mass is 9.80. The third-order valence-corrected chi connectivity index (χ3v) is 4.73. The summed E-state index contributed by atoms with van der Waals surface area (Å²) in [6, 6.07) is 1.42. The highest BCUT2D eigenvalue weighted by Gasteiger charge is 2.41. The van der Waals surface area contributed by atoms with E-state index in [1.807, 2.05) is 0 Å². The van der Waals surface area contributed by atoms with E-state index in [2.05, 4.69) is 19.2 Å². The Kier molecular flexibility index (Phi) is 2.97. The van der Waals surface area contributed by atoms with Crippen molar-refractivity contribution in [3.05, 3.63) is 0 Å². The van der Waals surface area contributed by atoms with E-state index in [0.717, 1.165) is 17.9 Å². The molecule has 0 radical (unpaired) electrons. The fourth-order valence-electron chi connectivity index (χ4n) is 4.20. The van der Waals surface area contributed by atoms with Crippen molar-refractivity contribution in [2.75, 3.05) is 0 Å². The Morgan fingerprint density at radius 2 is 1.69 bits per heavy atom. The molecular formula is C14H25NO. The molecule has 3 aliphatic rings. The minimum Gasteiger partial charge on any atom is -0.373 e. The van der Waals surface area contributed by atoms with Crippen LogP contribution in [0.15, 0.2) is 0 Å². The lowest BCUT2D eigenvalue weighted by Gasteiger charge is -2.35. The molecule has 92 valence electrons. The summed E-state index contributed by atoms with van der Waals surface area (Å²) in [6.45, 7) is 4.81. The summed E-state index contributed by atoms with van der Waals surface area (Å²) in [5, 5.41) is 3.89. The molecule has 2 heteroatoms. The third kappa shape index (κ3) is 2.14. The highest BCUT2D eigenvalue weighted by atomic mass is 16.5. The predicted octanol–water partition coefficient (Wildman–Crippen LogP) is 2.72. The minimum atomic E-state index is 0.539. The van der Waals surface area contributed by atoms with E-state index in [1.54, 1.807) is 0 Å². The van der Waals surface area contributed by atoms with Crippen molar-refractivity contribution < 1.29 is 4.74 Å². The van der Waals surface area contributed by atoms with Gasteiger partial charge < -0.3 is 10.1 Å². The number of nitrogens with one attached hydrogen (secondary N) is 1. The molecule has 1 N–H and O–H groups in total. The summed E-state index contributed by atoms with van der Waals surface area (Å²) >= 11 is 0.